The molecule has 0 aromatic heterocycles. The number of carbonyl (C=O) groups excluding carboxylic acids is 1. The zero-order valence-corrected chi connectivity index (χ0v) is 13.1. The second-order valence-corrected chi connectivity index (χ2v) is 5.76. The number of benzene rings is 2. The molecule has 1 atom stereocenters. The first-order chi connectivity index (χ1) is 11.7. The average molecular weight is 326 g/mol. The number of ether oxygens (including phenoxy) is 1. The third-order valence-electron chi connectivity index (χ3n) is 4.11. The number of para-hydroxylation sites is 2. The summed E-state index contributed by atoms with van der Waals surface area (Å²) >= 11 is 0. The molecule has 1 fully saturated rings. The number of anilines is 1. The van der Waals surface area contributed by atoms with Crippen LogP contribution in [0.1, 0.15) is 16.8 Å². The monoisotopic (exact) mass is 326 g/mol. The molecule has 24 heavy (non-hydrogen) atoms. The van der Waals surface area contributed by atoms with Crippen molar-refractivity contribution >= 4 is 17.3 Å². The van der Waals surface area contributed by atoms with Gasteiger partial charge in [-0.15, -0.1) is 0 Å². The molecule has 6 nitrogen and oxygen atoms in total. The fourth-order valence-electron chi connectivity index (χ4n) is 2.86. The SMILES string of the molecule is O=C(c1ccccc1[N+](=O)[O-])N(C[C@H]1CCOC1)c1ccccc1. The molecule has 1 aliphatic heterocycles. The highest BCUT2D eigenvalue weighted by Gasteiger charge is 2.28. The molecule has 0 N–H and O–H groups in total. The Kier molecular flexibility index (Phi) is 4.86. The van der Waals surface area contributed by atoms with Crippen molar-refractivity contribution in [1.29, 1.82) is 0 Å². The standard InChI is InChI=1S/C18H18N2O4/c21-18(16-8-4-5-9-17(16)20(22)23)19(12-14-10-11-24-13-14)15-6-2-1-3-7-15/h1-9,14H,10-13H2/t14-/m1/s1. The minimum absolute atomic E-state index is 0.102. The lowest BCUT2D eigenvalue weighted by Gasteiger charge is -2.25. The fraction of sp³-hybridized carbons (Fsp3) is 0.278. The van der Waals surface area contributed by atoms with E-state index in [0.29, 0.717) is 19.8 Å². The van der Waals surface area contributed by atoms with Crippen molar-refractivity contribution in [3.8, 4) is 0 Å². The lowest BCUT2D eigenvalue weighted by molar-refractivity contribution is -0.385. The minimum Gasteiger partial charge on any atom is -0.381 e. The predicted molar refractivity (Wildman–Crippen MR) is 90.1 cm³/mol. The summed E-state index contributed by atoms with van der Waals surface area (Å²) in [5.41, 5.74) is 0.656. The molecule has 3 rings (SSSR count). The van der Waals surface area contributed by atoms with Gasteiger partial charge in [0.2, 0.25) is 0 Å². The molecule has 1 amide bonds. The maximum absolute atomic E-state index is 13.0. The Bertz CT molecular complexity index is 727. The zero-order chi connectivity index (χ0) is 16.9. The van der Waals surface area contributed by atoms with Gasteiger partial charge in [0.1, 0.15) is 5.56 Å². The van der Waals surface area contributed by atoms with Crippen molar-refractivity contribution in [2.24, 2.45) is 5.92 Å². The molecular weight excluding hydrogens is 308 g/mol. The van der Waals surface area contributed by atoms with E-state index in [2.05, 4.69) is 0 Å². The van der Waals surface area contributed by atoms with Crippen LogP contribution in [0, 0.1) is 16.0 Å². The third-order valence-corrected chi connectivity index (χ3v) is 4.11. The molecule has 0 spiro atoms. The Morgan fingerprint density at radius 3 is 2.54 bits per heavy atom. The first-order valence-corrected chi connectivity index (χ1v) is 7.85. The van der Waals surface area contributed by atoms with E-state index in [-0.39, 0.29) is 23.1 Å². The Balaban J connectivity index is 1.95. The van der Waals surface area contributed by atoms with Gasteiger partial charge in [0.25, 0.3) is 11.6 Å². The summed E-state index contributed by atoms with van der Waals surface area (Å²) in [5.74, 6) is -0.127. The first-order valence-electron chi connectivity index (χ1n) is 7.85. The van der Waals surface area contributed by atoms with Crippen LogP contribution in [0.3, 0.4) is 0 Å². The lowest BCUT2D eigenvalue weighted by Crippen LogP contribution is -2.36. The minimum atomic E-state index is -0.519. The molecule has 1 heterocycles. The van der Waals surface area contributed by atoms with Crippen molar-refractivity contribution in [3.05, 3.63) is 70.3 Å². The van der Waals surface area contributed by atoms with Crippen molar-refractivity contribution in [2.75, 3.05) is 24.7 Å². The van der Waals surface area contributed by atoms with E-state index >= 15 is 0 Å². The summed E-state index contributed by atoms with van der Waals surface area (Å²) in [6.45, 7) is 1.77. The van der Waals surface area contributed by atoms with E-state index < -0.39 is 4.92 Å². The summed E-state index contributed by atoms with van der Waals surface area (Å²) in [6, 6.07) is 15.3. The van der Waals surface area contributed by atoms with E-state index in [9.17, 15) is 14.9 Å². The van der Waals surface area contributed by atoms with Gasteiger partial charge < -0.3 is 9.64 Å². The van der Waals surface area contributed by atoms with Crippen LogP contribution in [-0.4, -0.2) is 30.6 Å². The molecule has 2 aromatic rings. The Morgan fingerprint density at radius 1 is 1.17 bits per heavy atom. The highest BCUT2D eigenvalue weighted by Crippen LogP contribution is 2.25. The van der Waals surface area contributed by atoms with Gasteiger partial charge >= 0.3 is 0 Å². The number of rotatable bonds is 5. The second-order valence-electron chi connectivity index (χ2n) is 5.76. The second kappa shape index (κ2) is 7.23. The molecule has 0 unspecified atom stereocenters. The molecule has 1 saturated heterocycles. The van der Waals surface area contributed by atoms with Crippen molar-refractivity contribution < 1.29 is 14.5 Å². The van der Waals surface area contributed by atoms with Gasteiger partial charge in [-0.2, -0.15) is 0 Å². The normalized spacial score (nSPS) is 16.8. The van der Waals surface area contributed by atoms with Crippen LogP contribution in [0.5, 0.6) is 0 Å². The number of hydrogen-bond acceptors (Lipinski definition) is 4. The largest absolute Gasteiger partial charge is 0.381 e. The maximum atomic E-state index is 13.0. The van der Waals surface area contributed by atoms with E-state index in [4.69, 9.17) is 4.74 Å². The molecule has 0 bridgehead atoms. The summed E-state index contributed by atoms with van der Waals surface area (Å²) in [4.78, 5) is 25.4. The van der Waals surface area contributed by atoms with Crippen molar-refractivity contribution in [3.63, 3.8) is 0 Å². The molecule has 2 aromatic carbocycles. The van der Waals surface area contributed by atoms with Crippen LogP contribution >= 0.6 is 0 Å². The first kappa shape index (κ1) is 16.1. The van der Waals surface area contributed by atoms with Gasteiger partial charge in [0.15, 0.2) is 0 Å². The number of nitrogens with zero attached hydrogens (tertiary/aromatic N) is 2. The smallest absolute Gasteiger partial charge is 0.282 e. The van der Waals surface area contributed by atoms with Gasteiger partial charge in [0, 0.05) is 30.8 Å². The number of amides is 1. The Labute approximate surface area is 139 Å². The van der Waals surface area contributed by atoms with Gasteiger partial charge in [0.05, 0.1) is 11.5 Å². The quantitative estimate of drug-likeness (QED) is 0.624. The van der Waals surface area contributed by atoms with Gasteiger partial charge in [-0.3, -0.25) is 14.9 Å². The summed E-state index contributed by atoms with van der Waals surface area (Å²) in [6.07, 6.45) is 0.882. The van der Waals surface area contributed by atoms with Crippen LogP contribution in [0.25, 0.3) is 0 Å². The zero-order valence-electron chi connectivity index (χ0n) is 13.1. The Morgan fingerprint density at radius 2 is 1.88 bits per heavy atom. The van der Waals surface area contributed by atoms with Crippen LogP contribution in [-0.2, 0) is 4.74 Å². The van der Waals surface area contributed by atoms with Crippen LogP contribution < -0.4 is 4.90 Å². The highest BCUT2D eigenvalue weighted by atomic mass is 16.6. The van der Waals surface area contributed by atoms with Crippen LogP contribution in [0.2, 0.25) is 0 Å². The summed E-state index contributed by atoms with van der Waals surface area (Å²) in [5, 5.41) is 11.2. The van der Waals surface area contributed by atoms with Gasteiger partial charge in [-0.1, -0.05) is 30.3 Å². The summed E-state index contributed by atoms with van der Waals surface area (Å²) < 4.78 is 5.40. The summed E-state index contributed by atoms with van der Waals surface area (Å²) in [7, 11) is 0. The predicted octanol–water partition coefficient (Wildman–Crippen LogP) is 3.28. The third kappa shape index (κ3) is 3.44. The number of hydrogen-bond donors (Lipinski definition) is 0. The molecule has 124 valence electrons. The topological polar surface area (TPSA) is 72.7 Å². The molecular formula is C18H18N2O4. The highest BCUT2D eigenvalue weighted by molar-refractivity contribution is 6.08. The molecule has 6 heteroatoms. The molecule has 0 saturated carbocycles. The van der Waals surface area contributed by atoms with Gasteiger partial charge in [-0.05, 0) is 24.6 Å². The van der Waals surface area contributed by atoms with E-state index in [1.807, 2.05) is 30.3 Å². The van der Waals surface area contributed by atoms with Gasteiger partial charge in [-0.25, -0.2) is 0 Å². The fourth-order valence-corrected chi connectivity index (χ4v) is 2.86. The van der Waals surface area contributed by atoms with Crippen LogP contribution in [0.15, 0.2) is 54.6 Å². The number of nitro groups is 1. The maximum Gasteiger partial charge on any atom is 0.282 e. The van der Waals surface area contributed by atoms with Crippen molar-refractivity contribution in [2.45, 2.75) is 6.42 Å². The molecule has 0 radical (unpaired) electrons. The molecule has 0 aliphatic carbocycles. The van der Waals surface area contributed by atoms with E-state index in [1.165, 1.54) is 12.1 Å². The number of carbonyl (C=O) groups is 1. The molecule has 1 aliphatic rings. The van der Waals surface area contributed by atoms with Crippen molar-refractivity contribution in [1.82, 2.24) is 0 Å². The van der Waals surface area contributed by atoms with E-state index in [0.717, 1.165) is 12.1 Å². The van der Waals surface area contributed by atoms with E-state index in [1.54, 1.807) is 17.0 Å². The van der Waals surface area contributed by atoms with Crippen LogP contribution in [0.4, 0.5) is 11.4 Å². The Hall–Kier alpha value is -2.73. The number of nitro benzene ring substituents is 1. The lowest BCUT2D eigenvalue weighted by atomic mass is 10.1. The average Bonchev–Trinajstić information content (AvgIpc) is 3.13.